The molecule has 23 heavy (non-hydrogen) atoms. The average molecular weight is 360 g/mol. The number of carbonyl (C=O) groups is 1. The van der Waals surface area contributed by atoms with Crippen LogP contribution in [0.4, 0.5) is 0 Å². The second-order valence-electron chi connectivity index (χ2n) is 5.65. The van der Waals surface area contributed by atoms with Crippen molar-refractivity contribution in [2.75, 3.05) is 31.6 Å². The number of sulfone groups is 1. The molecule has 0 spiro atoms. The van der Waals surface area contributed by atoms with Gasteiger partial charge in [0.1, 0.15) is 0 Å². The van der Waals surface area contributed by atoms with Gasteiger partial charge in [0.2, 0.25) is 15.9 Å². The predicted molar refractivity (Wildman–Crippen MR) is 86.0 cm³/mol. The Morgan fingerprint density at radius 1 is 1.30 bits per heavy atom. The van der Waals surface area contributed by atoms with Crippen molar-refractivity contribution in [3.05, 3.63) is 30.3 Å². The van der Waals surface area contributed by atoms with Crippen LogP contribution in [0.5, 0.6) is 0 Å². The van der Waals surface area contributed by atoms with Gasteiger partial charge in [-0.15, -0.1) is 0 Å². The Morgan fingerprint density at radius 3 is 2.52 bits per heavy atom. The monoisotopic (exact) mass is 360 g/mol. The Labute approximate surface area is 136 Å². The average Bonchev–Trinajstić information content (AvgIpc) is 2.85. The summed E-state index contributed by atoms with van der Waals surface area (Å²) >= 11 is 0. The van der Waals surface area contributed by atoms with Gasteiger partial charge in [-0.2, -0.15) is 4.31 Å². The lowest BCUT2D eigenvalue weighted by molar-refractivity contribution is -0.121. The van der Waals surface area contributed by atoms with Gasteiger partial charge >= 0.3 is 0 Å². The van der Waals surface area contributed by atoms with Gasteiger partial charge in [0.25, 0.3) is 0 Å². The van der Waals surface area contributed by atoms with Crippen LogP contribution < -0.4 is 5.32 Å². The topological polar surface area (TPSA) is 101 Å². The van der Waals surface area contributed by atoms with Gasteiger partial charge in [0.05, 0.1) is 22.9 Å². The molecule has 1 fully saturated rings. The number of nitrogens with one attached hydrogen (secondary N) is 1. The van der Waals surface area contributed by atoms with Crippen molar-refractivity contribution in [3.63, 3.8) is 0 Å². The molecule has 1 amide bonds. The third-order valence-electron chi connectivity index (χ3n) is 3.73. The Balaban J connectivity index is 1.88. The van der Waals surface area contributed by atoms with E-state index in [0.29, 0.717) is 6.42 Å². The van der Waals surface area contributed by atoms with E-state index in [1.807, 2.05) is 0 Å². The molecule has 1 aliphatic heterocycles. The molecular formula is C14H20N2O5S2. The molecule has 1 saturated heterocycles. The molecule has 2 rings (SSSR count). The molecule has 0 bridgehead atoms. The van der Waals surface area contributed by atoms with Crippen LogP contribution in [0.15, 0.2) is 35.2 Å². The van der Waals surface area contributed by atoms with Gasteiger partial charge in [-0.25, -0.2) is 16.8 Å². The maximum Gasteiger partial charge on any atom is 0.243 e. The Kier molecular flexibility index (Phi) is 5.43. The molecule has 1 atom stereocenters. The smallest absolute Gasteiger partial charge is 0.243 e. The summed E-state index contributed by atoms with van der Waals surface area (Å²) in [6.07, 6.45) is 0.529. The van der Waals surface area contributed by atoms with E-state index in [1.54, 1.807) is 18.2 Å². The van der Waals surface area contributed by atoms with Crippen LogP contribution in [0.1, 0.15) is 6.42 Å². The van der Waals surface area contributed by atoms with Crippen molar-refractivity contribution in [1.29, 1.82) is 0 Å². The zero-order valence-corrected chi connectivity index (χ0v) is 14.4. The lowest BCUT2D eigenvalue weighted by Gasteiger charge is -2.17. The maximum absolute atomic E-state index is 12.3. The Bertz CT molecular complexity index is 760. The van der Waals surface area contributed by atoms with Crippen molar-refractivity contribution in [2.24, 2.45) is 5.92 Å². The molecule has 0 saturated carbocycles. The highest BCUT2D eigenvalue weighted by molar-refractivity contribution is 7.91. The van der Waals surface area contributed by atoms with Gasteiger partial charge in [-0.1, -0.05) is 18.2 Å². The minimum Gasteiger partial charge on any atom is -0.355 e. The molecule has 1 aromatic rings. The van der Waals surface area contributed by atoms with Crippen molar-refractivity contribution >= 4 is 25.8 Å². The van der Waals surface area contributed by atoms with E-state index < -0.39 is 25.8 Å². The molecule has 1 heterocycles. The second kappa shape index (κ2) is 6.98. The van der Waals surface area contributed by atoms with E-state index in [1.165, 1.54) is 19.2 Å². The molecule has 1 aliphatic rings. The minimum absolute atomic E-state index is 0.0748. The summed E-state index contributed by atoms with van der Waals surface area (Å²) in [5, 5.41) is 2.61. The van der Waals surface area contributed by atoms with Gasteiger partial charge in [-0.3, -0.25) is 4.79 Å². The summed E-state index contributed by atoms with van der Waals surface area (Å²) in [5.74, 6) is -0.322. The largest absolute Gasteiger partial charge is 0.355 e. The van der Waals surface area contributed by atoms with Crippen molar-refractivity contribution in [1.82, 2.24) is 9.62 Å². The van der Waals surface area contributed by atoms with E-state index >= 15 is 0 Å². The fourth-order valence-corrected chi connectivity index (χ4v) is 5.42. The van der Waals surface area contributed by atoms with Gasteiger partial charge < -0.3 is 5.32 Å². The minimum atomic E-state index is -3.71. The first-order valence-corrected chi connectivity index (χ1v) is 10.5. The normalized spacial score (nSPS) is 20.5. The first-order chi connectivity index (χ1) is 10.7. The lowest BCUT2D eigenvalue weighted by atomic mass is 10.1. The number of nitrogens with zero attached hydrogens (tertiary/aromatic N) is 1. The van der Waals surface area contributed by atoms with Crippen LogP contribution in [0.2, 0.25) is 0 Å². The molecule has 0 radical (unpaired) electrons. The van der Waals surface area contributed by atoms with Gasteiger partial charge in [-0.05, 0) is 24.5 Å². The molecule has 1 N–H and O–H groups in total. The zero-order chi connectivity index (χ0) is 17.1. The maximum atomic E-state index is 12.3. The number of benzene rings is 1. The number of rotatable bonds is 6. The number of hydrogen-bond acceptors (Lipinski definition) is 5. The lowest BCUT2D eigenvalue weighted by Crippen LogP contribution is -2.40. The summed E-state index contributed by atoms with van der Waals surface area (Å²) in [5.41, 5.74) is 0. The van der Waals surface area contributed by atoms with Crippen molar-refractivity contribution < 1.29 is 21.6 Å². The van der Waals surface area contributed by atoms with Crippen LogP contribution in [-0.2, 0) is 24.7 Å². The number of amides is 1. The molecule has 0 aromatic heterocycles. The zero-order valence-electron chi connectivity index (χ0n) is 12.8. The van der Waals surface area contributed by atoms with Crippen LogP contribution >= 0.6 is 0 Å². The van der Waals surface area contributed by atoms with E-state index in [9.17, 15) is 21.6 Å². The van der Waals surface area contributed by atoms with Crippen LogP contribution in [0.25, 0.3) is 0 Å². The molecule has 1 unspecified atom stereocenters. The summed E-state index contributed by atoms with van der Waals surface area (Å²) < 4.78 is 48.2. The molecule has 0 aliphatic carbocycles. The van der Waals surface area contributed by atoms with Crippen LogP contribution in [0, 0.1) is 5.92 Å². The first-order valence-electron chi connectivity index (χ1n) is 7.19. The van der Waals surface area contributed by atoms with Crippen LogP contribution in [0.3, 0.4) is 0 Å². The Morgan fingerprint density at radius 2 is 1.96 bits per heavy atom. The second-order valence-corrected chi connectivity index (χ2v) is 9.92. The summed E-state index contributed by atoms with van der Waals surface area (Å²) in [6.45, 7) is -0.0615. The highest BCUT2D eigenvalue weighted by atomic mass is 32.2. The van der Waals surface area contributed by atoms with Gasteiger partial charge in [0, 0.05) is 13.6 Å². The molecular weight excluding hydrogens is 340 g/mol. The van der Waals surface area contributed by atoms with E-state index in [4.69, 9.17) is 0 Å². The quantitative estimate of drug-likeness (QED) is 0.761. The summed E-state index contributed by atoms with van der Waals surface area (Å²) in [4.78, 5) is 12.0. The van der Waals surface area contributed by atoms with Crippen molar-refractivity contribution in [3.8, 4) is 0 Å². The molecule has 128 valence electrons. The molecule has 7 nitrogen and oxygen atoms in total. The fraction of sp³-hybridized carbons (Fsp3) is 0.500. The molecule has 9 heteroatoms. The number of hydrogen-bond donors (Lipinski definition) is 1. The van der Waals surface area contributed by atoms with Gasteiger partial charge in [0.15, 0.2) is 9.84 Å². The van der Waals surface area contributed by atoms with E-state index in [0.717, 1.165) is 4.31 Å². The van der Waals surface area contributed by atoms with Crippen LogP contribution in [-0.4, -0.2) is 58.7 Å². The number of carbonyl (C=O) groups excluding carboxylic acids is 1. The highest BCUT2D eigenvalue weighted by Crippen LogP contribution is 2.17. The predicted octanol–water partition coefficient (Wildman–Crippen LogP) is -0.142. The number of likely N-dealkylation sites (N-methyl/N-ethyl adjacent to an activating group) is 1. The third-order valence-corrected chi connectivity index (χ3v) is 7.39. The van der Waals surface area contributed by atoms with Crippen molar-refractivity contribution in [2.45, 2.75) is 11.3 Å². The number of sulfonamides is 1. The third kappa shape index (κ3) is 4.76. The van der Waals surface area contributed by atoms with E-state index in [2.05, 4.69) is 5.32 Å². The SMILES string of the molecule is CN(CC(=O)NCC1CCS(=O)(=O)C1)S(=O)(=O)c1ccccc1. The molecule has 1 aromatic carbocycles. The summed E-state index contributed by atoms with van der Waals surface area (Å²) in [7, 11) is -5.36. The summed E-state index contributed by atoms with van der Waals surface area (Å²) in [6, 6.07) is 7.87. The fourth-order valence-electron chi connectivity index (χ4n) is 2.41. The Hall–Kier alpha value is -1.45. The van der Waals surface area contributed by atoms with E-state index in [-0.39, 0.29) is 35.4 Å². The standard InChI is InChI=1S/C14H20N2O5S2/c1-16(23(20,21)13-5-3-2-4-6-13)10-14(17)15-9-12-7-8-22(18,19)11-12/h2-6,12H,7-11H2,1H3,(H,15,17). The highest BCUT2D eigenvalue weighted by Gasteiger charge is 2.28. The first kappa shape index (κ1) is 17.9.